The van der Waals surface area contributed by atoms with Crippen LogP contribution in [-0.4, -0.2) is 9.55 Å². The predicted molar refractivity (Wildman–Crippen MR) is 82.3 cm³/mol. The van der Waals surface area contributed by atoms with Crippen LogP contribution in [0.4, 0.5) is 0 Å². The molecule has 0 fully saturated rings. The molecule has 1 atom stereocenters. The van der Waals surface area contributed by atoms with E-state index in [1.165, 1.54) is 22.3 Å². The fourth-order valence-electron chi connectivity index (χ4n) is 2.99. The zero-order valence-corrected chi connectivity index (χ0v) is 12.8. The summed E-state index contributed by atoms with van der Waals surface area (Å²) in [4.78, 5) is 4.44. The molecule has 4 heteroatoms. The number of hydrogen-bond acceptors (Lipinski definition) is 3. The number of nitrogens with zero attached hydrogens (tertiary/aromatic N) is 2. The van der Waals surface area contributed by atoms with Crippen molar-refractivity contribution in [2.24, 2.45) is 5.84 Å². The Bertz CT molecular complexity index is 563. The first kappa shape index (κ1) is 14.8. The van der Waals surface area contributed by atoms with Crippen LogP contribution in [0.25, 0.3) is 0 Å². The third kappa shape index (κ3) is 2.92. The Kier molecular flexibility index (Phi) is 4.57. The Balaban J connectivity index is 2.34. The van der Waals surface area contributed by atoms with Gasteiger partial charge in [0.05, 0.1) is 6.04 Å². The molecule has 1 unspecified atom stereocenters. The monoisotopic (exact) mass is 272 g/mol. The number of hydrazine groups is 1. The zero-order valence-electron chi connectivity index (χ0n) is 12.8. The predicted octanol–water partition coefficient (Wildman–Crippen LogP) is 2.58. The number of hydrogen-bond donors (Lipinski definition) is 2. The highest BCUT2D eigenvalue weighted by molar-refractivity contribution is 5.40. The summed E-state index contributed by atoms with van der Waals surface area (Å²) in [6, 6.07) is 4.50. The molecule has 0 amide bonds. The van der Waals surface area contributed by atoms with Crippen molar-refractivity contribution in [3.63, 3.8) is 0 Å². The zero-order chi connectivity index (χ0) is 14.7. The summed E-state index contributed by atoms with van der Waals surface area (Å²) in [5.41, 5.74) is 8.08. The Morgan fingerprint density at radius 2 is 1.90 bits per heavy atom. The second-order valence-corrected chi connectivity index (χ2v) is 5.37. The van der Waals surface area contributed by atoms with Gasteiger partial charge >= 0.3 is 0 Å². The lowest BCUT2D eigenvalue weighted by atomic mass is 9.92. The summed E-state index contributed by atoms with van der Waals surface area (Å²) in [5, 5.41) is 0. The number of aryl methyl sites for hydroxylation is 4. The number of rotatable bonds is 5. The largest absolute Gasteiger partial charge is 0.335 e. The molecule has 108 valence electrons. The number of nitrogens with one attached hydrogen (secondary N) is 1. The first-order chi connectivity index (χ1) is 9.56. The van der Waals surface area contributed by atoms with Crippen molar-refractivity contribution in [2.45, 2.75) is 46.7 Å². The molecular formula is C16H24N4. The molecule has 0 bridgehead atoms. The fraction of sp³-hybridized carbons (Fsp3) is 0.438. The van der Waals surface area contributed by atoms with Crippen LogP contribution in [0, 0.1) is 20.8 Å². The molecule has 1 heterocycles. The highest BCUT2D eigenvalue weighted by Gasteiger charge is 2.18. The van der Waals surface area contributed by atoms with Gasteiger partial charge in [0.2, 0.25) is 0 Å². The average molecular weight is 272 g/mol. The smallest absolute Gasteiger partial charge is 0.110 e. The summed E-state index contributed by atoms with van der Waals surface area (Å²) in [7, 11) is 0. The molecule has 2 rings (SSSR count). The second-order valence-electron chi connectivity index (χ2n) is 5.37. The molecule has 0 saturated heterocycles. The van der Waals surface area contributed by atoms with Crippen molar-refractivity contribution < 1.29 is 0 Å². The first-order valence-electron chi connectivity index (χ1n) is 7.10. The van der Waals surface area contributed by atoms with Crippen molar-refractivity contribution >= 4 is 0 Å². The highest BCUT2D eigenvalue weighted by Crippen LogP contribution is 2.25. The summed E-state index contributed by atoms with van der Waals surface area (Å²) < 4.78 is 2.16. The van der Waals surface area contributed by atoms with E-state index in [-0.39, 0.29) is 6.04 Å². The van der Waals surface area contributed by atoms with Crippen LogP contribution in [0.2, 0.25) is 0 Å². The van der Waals surface area contributed by atoms with E-state index in [0.29, 0.717) is 0 Å². The maximum absolute atomic E-state index is 5.80. The summed E-state index contributed by atoms with van der Waals surface area (Å²) >= 11 is 0. The van der Waals surface area contributed by atoms with E-state index in [1.54, 1.807) is 0 Å². The average Bonchev–Trinajstić information content (AvgIpc) is 2.83. The lowest BCUT2D eigenvalue weighted by Gasteiger charge is -2.21. The molecule has 0 saturated carbocycles. The van der Waals surface area contributed by atoms with Crippen LogP contribution < -0.4 is 11.3 Å². The van der Waals surface area contributed by atoms with Crippen molar-refractivity contribution in [3.8, 4) is 0 Å². The molecule has 0 spiro atoms. The minimum absolute atomic E-state index is 0.0864. The first-order valence-corrected chi connectivity index (χ1v) is 7.10. The highest BCUT2D eigenvalue weighted by atomic mass is 15.2. The molecule has 1 aromatic carbocycles. The molecule has 3 N–H and O–H groups in total. The van der Waals surface area contributed by atoms with Crippen LogP contribution in [-0.2, 0) is 13.0 Å². The van der Waals surface area contributed by atoms with E-state index in [1.807, 2.05) is 12.4 Å². The maximum Gasteiger partial charge on any atom is 0.110 e. The molecule has 0 aliphatic carbocycles. The van der Waals surface area contributed by atoms with E-state index in [9.17, 15) is 0 Å². The Labute approximate surface area is 121 Å². The lowest BCUT2D eigenvalue weighted by Crippen LogP contribution is -2.31. The van der Waals surface area contributed by atoms with Gasteiger partial charge in [-0.05, 0) is 44.4 Å². The second kappa shape index (κ2) is 6.20. The quantitative estimate of drug-likeness (QED) is 0.650. The molecule has 0 radical (unpaired) electrons. The van der Waals surface area contributed by atoms with Gasteiger partial charge in [0.15, 0.2) is 0 Å². The number of benzene rings is 1. The minimum atomic E-state index is 0.0864. The minimum Gasteiger partial charge on any atom is -0.335 e. The normalized spacial score (nSPS) is 12.7. The molecule has 2 aromatic rings. The van der Waals surface area contributed by atoms with Crippen LogP contribution in [0.1, 0.15) is 41.0 Å². The third-order valence-corrected chi connectivity index (χ3v) is 3.82. The number of nitrogens with two attached hydrogens (primary N) is 1. The number of imidazole rings is 1. The maximum atomic E-state index is 5.80. The van der Waals surface area contributed by atoms with Gasteiger partial charge in [0.1, 0.15) is 5.82 Å². The Hall–Kier alpha value is -1.65. The van der Waals surface area contributed by atoms with Crippen LogP contribution >= 0.6 is 0 Å². The van der Waals surface area contributed by atoms with Gasteiger partial charge in [0, 0.05) is 25.4 Å². The van der Waals surface area contributed by atoms with Crippen LogP contribution in [0.5, 0.6) is 0 Å². The van der Waals surface area contributed by atoms with Crippen molar-refractivity contribution in [3.05, 3.63) is 52.6 Å². The van der Waals surface area contributed by atoms with Gasteiger partial charge in [0.25, 0.3) is 0 Å². The Morgan fingerprint density at radius 3 is 2.45 bits per heavy atom. The molecule has 0 aliphatic heterocycles. The molecule has 0 aliphatic rings. The van der Waals surface area contributed by atoms with E-state index in [4.69, 9.17) is 5.84 Å². The van der Waals surface area contributed by atoms with E-state index < -0.39 is 0 Å². The fourth-order valence-corrected chi connectivity index (χ4v) is 2.99. The Morgan fingerprint density at radius 1 is 1.25 bits per heavy atom. The van der Waals surface area contributed by atoms with Crippen molar-refractivity contribution in [1.82, 2.24) is 15.0 Å². The van der Waals surface area contributed by atoms with E-state index in [2.05, 4.69) is 54.8 Å². The lowest BCUT2D eigenvalue weighted by molar-refractivity contribution is 0.519. The van der Waals surface area contributed by atoms with E-state index in [0.717, 1.165) is 18.8 Å². The van der Waals surface area contributed by atoms with Gasteiger partial charge in [-0.2, -0.15) is 0 Å². The van der Waals surface area contributed by atoms with Crippen LogP contribution in [0.3, 0.4) is 0 Å². The molecule has 1 aromatic heterocycles. The van der Waals surface area contributed by atoms with Gasteiger partial charge in [-0.1, -0.05) is 17.7 Å². The summed E-state index contributed by atoms with van der Waals surface area (Å²) in [5.74, 6) is 6.87. The summed E-state index contributed by atoms with van der Waals surface area (Å²) in [6.07, 6.45) is 4.65. The standard InChI is InChI=1S/C16H24N4/c1-5-20-7-6-18-15(20)10-14(19-17)16-12(3)8-11(2)9-13(16)4/h6-9,14,19H,5,10,17H2,1-4H3. The van der Waals surface area contributed by atoms with Gasteiger partial charge < -0.3 is 4.57 Å². The molecular weight excluding hydrogens is 248 g/mol. The number of aromatic nitrogens is 2. The van der Waals surface area contributed by atoms with Gasteiger partial charge in [-0.25, -0.2) is 4.98 Å². The van der Waals surface area contributed by atoms with Crippen molar-refractivity contribution in [2.75, 3.05) is 0 Å². The van der Waals surface area contributed by atoms with Crippen molar-refractivity contribution in [1.29, 1.82) is 0 Å². The topological polar surface area (TPSA) is 55.9 Å². The molecule has 4 nitrogen and oxygen atoms in total. The van der Waals surface area contributed by atoms with Gasteiger partial charge in [-0.3, -0.25) is 11.3 Å². The van der Waals surface area contributed by atoms with Crippen LogP contribution in [0.15, 0.2) is 24.5 Å². The van der Waals surface area contributed by atoms with Gasteiger partial charge in [-0.15, -0.1) is 0 Å². The summed E-state index contributed by atoms with van der Waals surface area (Å²) in [6.45, 7) is 9.47. The SMILES string of the molecule is CCn1ccnc1CC(NN)c1c(C)cc(C)cc1C. The van der Waals surface area contributed by atoms with E-state index >= 15 is 0 Å². The third-order valence-electron chi connectivity index (χ3n) is 3.82. The molecule has 20 heavy (non-hydrogen) atoms.